The number of carbonyl (C=O) groups excluding carboxylic acids is 1. The Labute approximate surface area is 155 Å². The number of aromatic nitrogens is 1. The maximum Gasteiger partial charge on any atom is 0.244 e. The van der Waals surface area contributed by atoms with Crippen LogP contribution in [0, 0.1) is 11.6 Å². The van der Waals surface area contributed by atoms with Crippen molar-refractivity contribution < 1.29 is 18.3 Å². The molecule has 0 aliphatic carbocycles. The molecule has 0 saturated carbocycles. The number of pyridine rings is 1. The summed E-state index contributed by atoms with van der Waals surface area (Å²) < 4.78 is 33.1. The van der Waals surface area contributed by atoms with Crippen molar-refractivity contribution >= 4 is 12.0 Å². The number of benzene rings is 2. The second-order valence-electron chi connectivity index (χ2n) is 5.62. The Balaban J connectivity index is 1.59. The third kappa shape index (κ3) is 5.22. The molecule has 3 aromatic rings. The van der Waals surface area contributed by atoms with Crippen molar-refractivity contribution in [1.29, 1.82) is 0 Å². The van der Waals surface area contributed by atoms with Gasteiger partial charge in [-0.1, -0.05) is 24.3 Å². The van der Waals surface area contributed by atoms with Crippen LogP contribution in [0.3, 0.4) is 0 Å². The van der Waals surface area contributed by atoms with Gasteiger partial charge in [0, 0.05) is 24.4 Å². The summed E-state index contributed by atoms with van der Waals surface area (Å²) in [5.41, 5.74) is 0.884. The van der Waals surface area contributed by atoms with Gasteiger partial charge in [0.2, 0.25) is 5.91 Å². The highest BCUT2D eigenvalue weighted by Crippen LogP contribution is 2.24. The number of hydrogen-bond acceptors (Lipinski definition) is 3. The molecule has 3 rings (SSSR count). The van der Waals surface area contributed by atoms with E-state index >= 15 is 0 Å². The van der Waals surface area contributed by atoms with Crippen LogP contribution >= 0.6 is 0 Å². The van der Waals surface area contributed by atoms with E-state index in [0.29, 0.717) is 16.9 Å². The molecule has 0 aliphatic rings. The first-order chi connectivity index (χ1) is 13.1. The molecule has 0 saturated heterocycles. The molecule has 1 aromatic heterocycles. The monoisotopic (exact) mass is 366 g/mol. The van der Waals surface area contributed by atoms with Gasteiger partial charge in [0.05, 0.1) is 6.20 Å². The van der Waals surface area contributed by atoms with Crippen LogP contribution in [0.1, 0.15) is 11.1 Å². The van der Waals surface area contributed by atoms with Crippen LogP contribution in [0.5, 0.6) is 11.5 Å². The van der Waals surface area contributed by atoms with Crippen molar-refractivity contribution in [3.63, 3.8) is 0 Å². The highest BCUT2D eigenvalue weighted by Gasteiger charge is 2.06. The lowest BCUT2D eigenvalue weighted by atomic mass is 10.2. The molecule has 0 atom stereocenters. The van der Waals surface area contributed by atoms with Crippen molar-refractivity contribution in [3.8, 4) is 11.5 Å². The Morgan fingerprint density at radius 1 is 1.07 bits per heavy atom. The van der Waals surface area contributed by atoms with E-state index in [1.165, 1.54) is 36.5 Å². The molecular formula is C21H16F2N2O2. The number of rotatable bonds is 6. The number of carbonyl (C=O) groups is 1. The topological polar surface area (TPSA) is 51.2 Å². The van der Waals surface area contributed by atoms with Crippen LogP contribution in [-0.2, 0) is 11.3 Å². The van der Waals surface area contributed by atoms with Gasteiger partial charge in [0.15, 0.2) is 11.6 Å². The molecule has 27 heavy (non-hydrogen) atoms. The third-order valence-electron chi connectivity index (χ3n) is 3.66. The second-order valence-corrected chi connectivity index (χ2v) is 5.62. The van der Waals surface area contributed by atoms with E-state index in [0.717, 1.165) is 0 Å². The number of halogens is 2. The zero-order valence-electron chi connectivity index (χ0n) is 14.2. The first-order valence-corrected chi connectivity index (χ1v) is 8.18. The Morgan fingerprint density at radius 2 is 1.93 bits per heavy atom. The summed E-state index contributed by atoms with van der Waals surface area (Å²) >= 11 is 0. The highest BCUT2D eigenvalue weighted by molar-refractivity contribution is 5.91. The lowest BCUT2D eigenvalue weighted by Crippen LogP contribution is -2.20. The van der Waals surface area contributed by atoms with Crippen molar-refractivity contribution in [3.05, 3.63) is 95.8 Å². The van der Waals surface area contributed by atoms with E-state index in [1.54, 1.807) is 42.6 Å². The summed E-state index contributed by atoms with van der Waals surface area (Å²) in [6.07, 6.45) is 5.80. The van der Waals surface area contributed by atoms with E-state index in [4.69, 9.17) is 4.74 Å². The minimum atomic E-state index is -0.562. The molecule has 1 N–H and O–H groups in total. The fraction of sp³-hybridized carbons (Fsp3) is 0.0476. The predicted molar refractivity (Wildman–Crippen MR) is 98.0 cm³/mol. The Morgan fingerprint density at radius 3 is 2.67 bits per heavy atom. The number of nitrogens with zero attached hydrogens (tertiary/aromatic N) is 1. The molecular weight excluding hydrogens is 350 g/mol. The zero-order valence-corrected chi connectivity index (χ0v) is 14.2. The molecule has 1 heterocycles. The van der Waals surface area contributed by atoms with E-state index in [9.17, 15) is 13.6 Å². The molecule has 0 fully saturated rings. The lowest BCUT2D eigenvalue weighted by Gasteiger charge is -2.06. The smallest absolute Gasteiger partial charge is 0.244 e. The van der Waals surface area contributed by atoms with E-state index < -0.39 is 11.7 Å². The molecule has 1 amide bonds. The lowest BCUT2D eigenvalue weighted by molar-refractivity contribution is -0.116. The third-order valence-corrected chi connectivity index (χ3v) is 3.66. The minimum absolute atomic E-state index is 0.0594. The Hall–Kier alpha value is -3.54. The van der Waals surface area contributed by atoms with Crippen molar-refractivity contribution in [2.75, 3.05) is 0 Å². The van der Waals surface area contributed by atoms with Gasteiger partial charge in [-0.15, -0.1) is 0 Å². The Kier molecular flexibility index (Phi) is 5.89. The van der Waals surface area contributed by atoms with Gasteiger partial charge in [-0.05, 0) is 42.0 Å². The van der Waals surface area contributed by atoms with Crippen LogP contribution in [0.15, 0.2) is 73.1 Å². The summed E-state index contributed by atoms with van der Waals surface area (Å²) in [5, 5.41) is 2.58. The van der Waals surface area contributed by atoms with E-state index in [1.807, 2.05) is 0 Å². The quantitative estimate of drug-likeness (QED) is 0.655. The summed E-state index contributed by atoms with van der Waals surface area (Å²) in [5.74, 6) is -0.869. The second kappa shape index (κ2) is 8.71. The fourth-order valence-corrected chi connectivity index (χ4v) is 2.29. The average molecular weight is 366 g/mol. The number of amides is 1. The molecule has 0 bridgehead atoms. The van der Waals surface area contributed by atoms with Crippen molar-refractivity contribution in [2.45, 2.75) is 6.54 Å². The maximum atomic E-state index is 14.2. The summed E-state index contributed by atoms with van der Waals surface area (Å²) in [4.78, 5) is 15.7. The SMILES string of the molecule is O=C(/C=C/c1ccc(Oc2cccnc2)c(F)c1)NCc1ccccc1F. The maximum absolute atomic E-state index is 14.2. The van der Waals surface area contributed by atoms with Gasteiger partial charge in [-0.25, -0.2) is 8.78 Å². The van der Waals surface area contributed by atoms with Crippen LogP contribution in [0.2, 0.25) is 0 Å². The van der Waals surface area contributed by atoms with Gasteiger partial charge >= 0.3 is 0 Å². The average Bonchev–Trinajstić information content (AvgIpc) is 2.68. The summed E-state index contributed by atoms with van der Waals surface area (Å²) in [6.45, 7) is 0.0715. The number of hydrogen-bond donors (Lipinski definition) is 1. The number of ether oxygens (including phenoxy) is 1. The zero-order chi connectivity index (χ0) is 19.1. The summed E-state index contributed by atoms with van der Waals surface area (Å²) in [7, 11) is 0. The van der Waals surface area contributed by atoms with Crippen LogP contribution in [0.4, 0.5) is 8.78 Å². The first-order valence-electron chi connectivity index (χ1n) is 8.18. The standard InChI is InChI=1S/C21H16F2N2O2/c22-18-6-2-1-4-16(18)13-25-21(26)10-8-15-7-9-20(19(23)12-15)27-17-5-3-11-24-14-17/h1-12,14H,13H2,(H,25,26)/b10-8+. The van der Waals surface area contributed by atoms with Gasteiger partial charge in [-0.3, -0.25) is 9.78 Å². The van der Waals surface area contributed by atoms with Crippen molar-refractivity contribution in [1.82, 2.24) is 10.3 Å². The molecule has 0 aliphatic heterocycles. The van der Waals surface area contributed by atoms with Gasteiger partial charge < -0.3 is 10.1 Å². The largest absolute Gasteiger partial charge is 0.453 e. The fourth-order valence-electron chi connectivity index (χ4n) is 2.29. The molecule has 6 heteroatoms. The minimum Gasteiger partial charge on any atom is -0.453 e. The Bertz CT molecular complexity index is 959. The number of nitrogens with one attached hydrogen (secondary N) is 1. The first kappa shape index (κ1) is 18.3. The normalized spacial score (nSPS) is 10.7. The molecule has 2 aromatic carbocycles. The molecule has 136 valence electrons. The van der Waals surface area contributed by atoms with Crippen LogP contribution in [0.25, 0.3) is 6.08 Å². The summed E-state index contributed by atoms with van der Waals surface area (Å²) in [6, 6.07) is 13.9. The van der Waals surface area contributed by atoms with Crippen LogP contribution in [-0.4, -0.2) is 10.9 Å². The van der Waals surface area contributed by atoms with E-state index in [-0.39, 0.29) is 18.1 Å². The molecule has 0 spiro atoms. The predicted octanol–water partition coefficient (Wildman–Crippen LogP) is 4.48. The molecule has 0 radical (unpaired) electrons. The van der Waals surface area contributed by atoms with Crippen molar-refractivity contribution in [2.24, 2.45) is 0 Å². The van der Waals surface area contributed by atoms with Gasteiger partial charge in [0.25, 0.3) is 0 Å². The van der Waals surface area contributed by atoms with Gasteiger partial charge in [-0.2, -0.15) is 0 Å². The molecule has 4 nitrogen and oxygen atoms in total. The molecule has 0 unspecified atom stereocenters. The van der Waals surface area contributed by atoms with E-state index in [2.05, 4.69) is 10.3 Å². The van der Waals surface area contributed by atoms with Gasteiger partial charge in [0.1, 0.15) is 11.6 Å². The van der Waals surface area contributed by atoms with Crippen LogP contribution < -0.4 is 10.1 Å². The highest BCUT2D eigenvalue weighted by atomic mass is 19.1.